The Morgan fingerprint density at radius 1 is 0.871 bits per heavy atom. The van der Waals surface area contributed by atoms with E-state index in [1.54, 1.807) is 23.6 Å². The van der Waals surface area contributed by atoms with Crippen LogP contribution in [0, 0.1) is 29.1 Å². The van der Waals surface area contributed by atoms with Crippen molar-refractivity contribution in [1.82, 2.24) is 15.2 Å². The van der Waals surface area contributed by atoms with E-state index >= 15 is 0 Å². The molecule has 3 heterocycles. The summed E-state index contributed by atoms with van der Waals surface area (Å²) in [6.45, 7) is 2.14. The Morgan fingerprint density at radius 3 is 2.23 bits per heavy atom. The zero-order valence-corrected chi connectivity index (χ0v) is 17.1. The molecule has 0 aliphatic heterocycles. The van der Waals surface area contributed by atoms with Gasteiger partial charge in [-0.1, -0.05) is 13.3 Å². The highest BCUT2D eigenvalue weighted by atomic mass is 32.1. The molecule has 1 aromatic carbocycles. The number of nitrogens with zero attached hydrogens (tertiary/aromatic N) is 2. The van der Waals surface area contributed by atoms with Crippen molar-refractivity contribution in [2.75, 3.05) is 0 Å². The van der Waals surface area contributed by atoms with Crippen molar-refractivity contribution in [2.45, 2.75) is 26.2 Å². The molecular weight excluding hydrogens is 433 g/mol. The molecular formula is C22H16F5N3S. The molecule has 0 bridgehead atoms. The fraction of sp³-hybridized carbons (Fsp3) is 0.182. The van der Waals surface area contributed by atoms with E-state index in [0.717, 1.165) is 29.7 Å². The van der Waals surface area contributed by atoms with E-state index in [-0.39, 0.29) is 5.69 Å². The van der Waals surface area contributed by atoms with Crippen LogP contribution >= 0.6 is 11.3 Å². The van der Waals surface area contributed by atoms with Gasteiger partial charge < -0.3 is 0 Å². The average molecular weight is 449 g/mol. The minimum Gasteiger partial charge on any atom is -0.276 e. The summed E-state index contributed by atoms with van der Waals surface area (Å²) in [5.74, 6) is -10.1. The molecule has 3 aromatic heterocycles. The molecule has 0 saturated heterocycles. The molecule has 4 rings (SSSR count). The first-order valence-corrected chi connectivity index (χ1v) is 10.3. The van der Waals surface area contributed by atoms with Gasteiger partial charge in [0.2, 0.25) is 5.82 Å². The standard InChI is InChI=1S/C22H16F5N3S/c1-2-3-4-12-6-8-16(31-12)11-5-7-13(28-10-11)14-9-15(30-29-14)17-18(23)20(25)22(27)21(26)19(17)24/h5-10H,2-4H2,1H3,(H,29,30). The van der Waals surface area contributed by atoms with Crippen molar-refractivity contribution in [3.63, 3.8) is 0 Å². The maximum atomic E-state index is 14.0. The Kier molecular flexibility index (Phi) is 5.86. The second kappa shape index (κ2) is 8.58. The quantitative estimate of drug-likeness (QED) is 0.198. The van der Waals surface area contributed by atoms with Gasteiger partial charge in [-0.25, -0.2) is 22.0 Å². The third-order valence-electron chi connectivity index (χ3n) is 4.81. The van der Waals surface area contributed by atoms with E-state index < -0.39 is 40.3 Å². The Morgan fingerprint density at radius 2 is 1.58 bits per heavy atom. The second-order valence-electron chi connectivity index (χ2n) is 6.91. The van der Waals surface area contributed by atoms with Crippen LogP contribution in [-0.4, -0.2) is 15.2 Å². The highest BCUT2D eigenvalue weighted by molar-refractivity contribution is 7.15. The Balaban J connectivity index is 1.61. The van der Waals surface area contributed by atoms with Gasteiger partial charge in [-0.05, 0) is 43.2 Å². The molecule has 0 atom stereocenters. The van der Waals surface area contributed by atoms with Gasteiger partial charge in [-0.2, -0.15) is 5.10 Å². The monoisotopic (exact) mass is 449 g/mol. The summed E-state index contributed by atoms with van der Waals surface area (Å²) in [5, 5.41) is 6.24. The molecule has 0 unspecified atom stereocenters. The van der Waals surface area contributed by atoms with Crippen molar-refractivity contribution in [3.05, 3.63) is 70.5 Å². The van der Waals surface area contributed by atoms with Crippen molar-refractivity contribution < 1.29 is 22.0 Å². The van der Waals surface area contributed by atoms with E-state index in [1.165, 1.54) is 10.9 Å². The predicted molar refractivity (Wildman–Crippen MR) is 109 cm³/mol. The molecule has 0 spiro atoms. The summed E-state index contributed by atoms with van der Waals surface area (Å²) in [7, 11) is 0. The van der Waals surface area contributed by atoms with Gasteiger partial charge >= 0.3 is 0 Å². The lowest BCUT2D eigenvalue weighted by atomic mass is 10.1. The van der Waals surface area contributed by atoms with Crippen LogP contribution in [0.4, 0.5) is 22.0 Å². The van der Waals surface area contributed by atoms with Crippen molar-refractivity contribution in [3.8, 4) is 33.1 Å². The Labute approximate surface area is 178 Å². The molecule has 4 aromatic rings. The molecule has 0 amide bonds. The van der Waals surface area contributed by atoms with Crippen LogP contribution in [0.25, 0.3) is 33.1 Å². The van der Waals surface area contributed by atoms with E-state index in [0.29, 0.717) is 5.69 Å². The zero-order chi connectivity index (χ0) is 22.1. The molecule has 0 fully saturated rings. The molecule has 0 aliphatic rings. The average Bonchev–Trinajstić information content (AvgIpc) is 3.45. The zero-order valence-electron chi connectivity index (χ0n) is 16.3. The van der Waals surface area contributed by atoms with Crippen LogP contribution in [0.1, 0.15) is 24.6 Å². The number of thiophene rings is 1. The summed E-state index contributed by atoms with van der Waals surface area (Å²) in [6, 6.07) is 8.85. The van der Waals surface area contributed by atoms with Gasteiger partial charge in [0.25, 0.3) is 0 Å². The number of hydrogen-bond acceptors (Lipinski definition) is 3. The first-order chi connectivity index (χ1) is 14.9. The number of benzene rings is 1. The lowest BCUT2D eigenvalue weighted by Gasteiger charge is -2.05. The number of hydrogen-bond donors (Lipinski definition) is 1. The fourth-order valence-corrected chi connectivity index (χ4v) is 4.17. The summed E-state index contributed by atoms with van der Waals surface area (Å²) < 4.78 is 68.3. The van der Waals surface area contributed by atoms with Gasteiger partial charge in [-0.3, -0.25) is 10.1 Å². The first-order valence-electron chi connectivity index (χ1n) is 9.53. The summed E-state index contributed by atoms with van der Waals surface area (Å²) >= 11 is 1.69. The van der Waals surface area contributed by atoms with Crippen LogP contribution in [0.5, 0.6) is 0 Å². The largest absolute Gasteiger partial charge is 0.276 e. The highest BCUT2D eigenvalue weighted by Gasteiger charge is 2.28. The van der Waals surface area contributed by atoms with E-state index in [4.69, 9.17) is 0 Å². The maximum absolute atomic E-state index is 14.0. The lowest BCUT2D eigenvalue weighted by Crippen LogP contribution is -2.04. The maximum Gasteiger partial charge on any atom is 0.200 e. The van der Waals surface area contributed by atoms with E-state index in [2.05, 4.69) is 28.2 Å². The topological polar surface area (TPSA) is 41.6 Å². The highest BCUT2D eigenvalue weighted by Crippen LogP contribution is 2.33. The van der Waals surface area contributed by atoms with Gasteiger partial charge in [0.15, 0.2) is 23.3 Å². The van der Waals surface area contributed by atoms with Gasteiger partial charge in [0.05, 0.1) is 22.6 Å². The van der Waals surface area contributed by atoms with Crippen molar-refractivity contribution >= 4 is 11.3 Å². The summed E-state index contributed by atoms with van der Waals surface area (Å²) in [5.41, 5.74) is 0.103. The molecule has 9 heteroatoms. The SMILES string of the molecule is CCCCc1ccc(-c2ccc(-c3cc(-c4c(F)c(F)c(F)c(F)c4F)n[nH]3)nc2)s1. The third-order valence-corrected chi connectivity index (χ3v) is 6.00. The molecule has 3 nitrogen and oxygen atoms in total. The normalized spacial score (nSPS) is 11.3. The number of rotatable bonds is 6. The second-order valence-corrected chi connectivity index (χ2v) is 8.08. The van der Waals surface area contributed by atoms with E-state index in [9.17, 15) is 22.0 Å². The van der Waals surface area contributed by atoms with Crippen LogP contribution in [-0.2, 0) is 6.42 Å². The number of aryl methyl sites for hydroxylation is 1. The summed E-state index contributed by atoms with van der Waals surface area (Å²) in [4.78, 5) is 6.70. The van der Waals surface area contributed by atoms with Gasteiger partial charge in [0, 0.05) is 21.5 Å². The Hall–Kier alpha value is -3.07. The Bertz CT molecular complexity index is 1200. The third kappa shape index (κ3) is 3.97. The molecule has 0 aliphatic carbocycles. The fourth-order valence-electron chi connectivity index (χ4n) is 3.13. The van der Waals surface area contributed by atoms with Gasteiger partial charge in [-0.15, -0.1) is 11.3 Å². The smallest absolute Gasteiger partial charge is 0.200 e. The number of aromatic nitrogens is 3. The van der Waals surface area contributed by atoms with E-state index in [1.807, 2.05) is 12.1 Å². The summed E-state index contributed by atoms with van der Waals surface area (Å²) in [6.07, 6.45) is 4.94. The number of H-pyrrole nitrogens is 1. The molecule has 0 saturated carbocycles. The minimum absolute atomic E-state index is 0.278. The number of pyridine rings is 1. The number of unbranched alkanes of at least 4 members (excludes halogenated alkanes) is 1. The number of aromatic amines is 1. The minimum atomic E-state index is -2.21. The van der Waals surface area contributed by atoms with Crippen molar-refractivity contribution in [1.29, 1.82) is 0 Å². The molecule has 31 heavy (non-hydrogen) atoms. The number of halogens is 5. The first kappa shape index (κ1) is 21.2. The predicted octanol–water partition coefficient (Wildman–Crippen LogP) is 6.91. The van der Waals surface area contributed by atoms with Crippen LogP contribution in [0.3, 0.4) is 0 Å². The van der Waals surface area contributed by atoms with Gasteiger partial charge in [0.1, 0.15) is 0 Å². The lowest BCUT2D eigenvalue weighted by molar-refractivity contribution is 0.381. The number of nitrogens with one attached hydrogen (secondary N) is 1. The van der Waals surface area contributed by atoms with Crippen LogP contribution < -0.4 is 0 Å². The van der Waals surface area contributed by atoms with Crippen LogP contribution in [0.15, 0.2) is 36.5 Å². The van der Waals surface area contributed by atoms with Crippen molar-refractivity contribution in [2.24, 2.45) is 0 Å². The van der Waals surface area contributed by atoms with Crippen LogP contribution in [0.2, 0.25) is 0 Å². The molecule has 0 radical (unpaired) electrons. The molecule has 1 N–H and O–H groups in total. The molecule has 160 valence electrons.